The maximum Gasteiger partial charge on any atom is 0.276 e. The SMILES string of the molecule is NNc1ccc(C(=O)Nc2c(Cl)cccc2Cl)nn1. The van der Waals surface area contributed by atoms with Crippen molar-refractivity contribution in [3.63, 3.8) is 0 Å². The number of rotatable bonds is 3. The van der Waals surface area contributed by atoms with Gasteiger partial charge >= 0.3 is 0 Å². The number of carbonyl (C=O) groups excluding carboxylic acids is 1. The number of amides is 1. The van der Waals surface area contributed by atoms with Crippen LogP contribution < -0.4 is 16.6 Å². The van der Waals surface area contributed by atoms with Crippen molar-refractivity contribution >= 4 is 40.6 Å². The van der Waals surface area contributed by atoms with E-state index in [0.717, 1.165) is 0 Å². The Hall–Kier alpha value is -1.89. The molecule has 0 fully saturated rings. The van der Waals surface area contributed by atoms with Crippen LogP contribution in [0.2, 0.25) is 10.0 Å². The molecule has 98 valence electrons. The zero-order chi connectivity index (χ0) is 13.8. The van der Waals surface area contributed by atoms with Gasteiger partial charge in [-0.25, -0.2) is 5.84 Å². The standard InChI is InChI=1S/C11H9Cl2N5O/c12-6-2-1-3-7(13)10(6)15-11(19)8-4-5-9(16-14)18-17-8/h1-5H,14H2,(H,15,19)(H,16,18). The summed E-state index contributed by atoms with van der Waals surface area (Å²) in [7, 11) is 0. The van der Waals surface area contributed by atoms with E-state index in [9.17, 15) is 4.79 Å². The second kappa shape index (κ2) is 5.83. The summed E-state index contributed by atoms with van der Waals surface area (Å²) in [6, 6.07) is 7.92. The summed E-state index contributed by atoms with van der Waals surface area (Å²) < 4.78 is 0. The van der Waals surface area contributed by atoms with Gasteiger partial charge in [0.15, 0.2) is 11.5 Å². The van der Waals surface area contributed by atoms with Gasteiger partial charge in [0.25, 0.3) is 5.91 Å². The highest BCUT2D eigenvalue weighted by Crippen LogP contribution is 2.29. The van der Waals surface area contributed by atoms with Crippen LogP contribution in [0, 0.1) is 0 Å². The molecule has 8 heteroatoms. The molecular weight excluding hydrogens is 289 g/mol. The van der Waals surface area contributed by atoms with Gasteiger partial charge in [0.1, 0.15) is 0 Å². The Balaban J connectivity index is 2.20. The Labute approximate surface area is 118 Å². The molecule has 1 aromatic heterocycles. The quantitative estimate of drug-likeness (QED) is 0.597. The van der Waals surface area contributed by atoms with Gasteiger partial charge in [-0.15, -0.1) is 10.2 Å². The fourth-order valence-electron chi connectivity index (χ4n) is 1.33. The van der Waals surface area contributed by atoms with Gasteiger partial charge in [0.2, 0.25) is 0 Å². The zero-order valence-corrected chi connectivity index (χ0v) is 11.0. The molecule has 0 bridgehead atoms. The van der Waals surface area contributed by atoms with Crippen molar-refractivity contribution in [2.75, 3.05) is 10.7 Å². The first kappa shape index (κ1) is 13.5. The third-order valence-corrected chi connectivity index (χ3v) is 2.88. The molecule has 4 N–H and O–H groups in total. The molecule has 19 heavy (non-hydrogen) atoms. The van der Waals surface area contributed by atoms with Crippen LogP contribution in [0.4, 0.5) is 11.5 Å². The molecule has 0 spiro atoms. The third-order valence-electron chi connectivity index (χ3n) is 2.25. The summed E-state index contributed by atoms with van der Waals surface area (Å²) in [6.45, 7) is 0. The number of hydrazine groups is 1. The van der Waals surface area contributed by atoms with Gasteiger partial charge in [-0.3, -0.25) is 4.79 Å². The predicted molar refractivity (Wildman–Crippen MR) is 74.3 cm³/mol. The summed E-state index contributed by atoms with van der Waals surface area (Å²) in [4.78, 5) is 11.9. The lowest BCUT2D eigenvalue weighted by Gasteiger charge is -2.08. The molecule has 2 rings (SSSR count). The van der Waals surface area contributed by atoms with E-state index in [0.29, 0.717) is 21.6 Å². The largest absolute Gasteiger partial charge is 0.318 e. The van der Waals surface area contributed by atoms with Crippen LogP contribution in [0.1, 0.15) is 10.5 Å². The Bertz CT molecular complexity index is 582. The summed E-state index contributed by atoms with van der Waals surface area (Å²) in [5.74, 6) is 5.04. The van der Waals surface area contributed by atoms with Crippen molar-refractivity contribution in [1.82, 2.24) is 10.2 Å². The maximum atomic E-state index is 11.9. The number of nitrogens with two attached hydrogens (primary N) is 1. The van der Waals surface area contributed by atoms with E-state index in [1.165, 1.54) is 12.1 Å². The minimum absolute atomic E-state index is 0.120. The van der Waals surface area contributed by atoms with Gasteiger partial charge in [-0.1, -0.05) is 29.3 Å². The zero-order valence-electron chi connectivity index (χ0n) is 9.52. The minimum Gasteiger partial charge on any atom is -0.318 e. The Morgan fingerprint density at radius 2 is 1.79 bits per heavy atom. The molecule has 0 radical (unpaired) electrons. The monoisotopic (exact) mass is 297 g/mol. The first-order valence-corrected chi connectivity index (χ1v) is 5.93. The molecular formula is C11H9Cl2N5O. The average Bonchev–Trinajstić information content (AvgIpc) is 2.43. The molecule has 6 nitrogen and oxygen atoms in total. The average molecular weight is 298 g/mol. The van der Waals surface area contributed by atoms with Crippen molar-refractivity contribution in [1.29, 1.82) is 0 Å². The molecule has 1 heterocycles. The first-order chi connectivity index (χ1) is 9.11. The number of nitrogens with one attached hydrogen (secondary N) is 2. The molecule has 0 atom stereocenters. The van der Waals surface area contributed by atoms with Gasteiger partial charge in [-0.2, -0.15) is 0 Å². The molecule has 0 aliphatic carbocycles. The molecule has 0 saturated heterocycles. The second-order valence-corrected chi connectivity index (χ2v) is 4.31. The summed E-state index contributed by atoms with van der Waals surface area (Å²) >= 11 is 11.9. The lowest BCUT2D eigenvalue weighted by atomic mass is 10.3. The highest BCUT2D eigenvalue weighted by molar-refractivity contribution is 6.39. The van der Waals surface area contributed by atoms with E-state index in [-0.39, 0.29) is 5.69 Å². The van der Waals surface area contributed by atoms with Gasteiger partial charge < -0.3 is 10.7 Å². The highest BCUT2D eigenvalue weighted by Gasteiger charge is 2.12. The number of halogens is 2. The topological polar surface area (TPSA) is 92.9 Å². The van der Waals surface area contributed by atoms with Crippen molar-refractivity contribution < 1.29 is 4.79 Å². The number of hydrogen-bond donors (Lipinski definition) is 3. The Morgan fingerprint density at radius 1 is 1.11 bits per heavy atom. The molecule has 0 saturated carbocycles. The van der Waals surface area contributed by atoms with Crippen molar-refractivity contribution in [3.05, 3.63) is 46.1 Å². The normalized spacial score (nSPS) is 10.1. The Kier molecular flexibility index (Phi) is 4.16. The number of aromatic nitrogens is 2. The smallest absolute Gasteiger partial charge is 0.276 e. The van der Waals surface area contributed by atoms with Crippen LogP contribution >= 0.6 is 23.2 Å². The number of anilines is 2. The highest BCUT2D eigenvalue weighted by atomic mass is 35.5. The van der Waals surface area contributed by atoms with Crippen molar-refractivity contribution in [3.8, 4) is 0 Å². The van der Waals surface area contributed by atoms with E-state index in [2.05, 4.69) is 20.9 Å². The lowest BCUT2D eigenvalue weighted by Crippen LogP contribution is -2.16. The van der Waals surface area contributed by atoms with E-state index >= 15 is 0 Å². The van der Waals surface area contributed by atoms with E-state index in [1.54, 1.807) is 18.2 Å². The van der Waals surface area contributed by atoms with Crippen LogP contribution in [0.25, 0.3) is 0 Å². The van der Waals surface area contributed by atoms with Crippen molar-refractivity contribution in [2.45, 2.75) is 0 Å². The van der Waals surface area contributed by atoms with Crippen LogP contribution in [0.3, 0.4) is 0 Å². The molecule has 0 unspecified atom stereocenters. The van der Waals surface area contributed by atoms with Crippen LogP contribution in [-0.4, -0.2) is 16.1 Å². The Morgan fingerprint density at radius 3 is 2.32 bits per heavy atom. The fourth-order valence-corrected chi connectivity index (χ4v) is 1.82. The molecule has 1 amide bonds. The van der Waals surface area contributed by atoms with E-state index in [1.807, 2.05) is 0 Å². The fraction of sp³-hybridized carbons (Fsp3) is 0. The van der Waals surface area contributed by atoms with Gasteiger partial charge in [-0.05, 0) is 24.3 Å². The van der Waals surface area contributed by atoms with Gasteiger partial charge in [0.05, 0.1) is 15.7 Å². The molecule has 0 aliphatic rings. The number of para-hydroxylation sites is 1. The van der Waals surface area contributed by atoms with Crippen molar-refractivity contribution in [2.24, 2.45) is 5.84 Å². The van der Waals surface area contributed by atoms with E-state index in [4.69, 9.17) is 29.0 Å². The summed E-state index contributed by atoms with van der Waals surface area (Å²) in [5.41, 5.74) is 2.77. The minimum atomic E-state index is -0.467. The second-order valence-electron chi connectivity index (χ2n) is 3.50. The summed E-state index contributed by atoms with van der Waals surface area (Å²) in [6.07, 6.45) is 0. The first-order valence-electron chi connectivity index (χ1n) is 5.17. The molecule has 1 aromatic carbocycles. The number of carbonyl (C=O) groups is 1. The maximum absolute atomic E-state index is 11.9. The lowest BCUT2D eigenvalue weighted by molar-refractivity contribution is 0.102. The predicted octanol–water partition coefficient (Wildman–Crippen LogP) is 2.32. The van der Waals surface area contributed by atoms with E-state index < -0.39 is 5.91 Å². The van der Waals surface area contributed by atoms with Crippen LogP contribution in [-0.2, 0) is 0 Å². The number of benzene rings is 1. The van der Waals surface area contributed by atoms with Crippen LogP contribution in [0.15, 0.2) is 30.3 Å². The third kappa shape index (κ3) is 3.11. The van der Waals surface area contributed by atoms with Crippen LogP contribution in [0.5, 0.6) is 0 Å². The number of hydrogen-bond acceptors (Lipinski definition) is 5. The van der Waals surface area contributed by atoms with Gasteiger partial charge in [0, 0.05) is 0 Å². The molecule has 0 aliphatic heterocycles. The molecule has 2 aromatic rings. The number of nitrogens with zero attached hydrogens (tertiary/aromatic N) is 2. The number of nitrogen functional groups attached to an aromatic ring is 1. The summed E-state index contributed by atoms with van der Waals surface area (Å²) in [5, 5.41) is 10.7.